The lowest BCUT2D eigenvalue weighted by Gasteiger charge is -2.21. The van der Waals surface area contributed by atoms with E-state index in [0.717, 1.165) is 53.7 Å². The number of aliphatic imine (C=N–C) groups is 1. The maximum atomic E-state index is 5.95. The summed E-state index contributed by atoms with van der Waals surface area (Å²) < 4.78 is 7.91. The standard InChI is InChI=1S/C20H28N6O.HI/c1-5-6-11-21-20(22-13-19-24-23-15(2)26(19)4)25(3)14-17-12-16-9-7-8-10-18(16)27-17;/h7-10,12H,5-6,11,13-14H2,1-4H3,(H,21,22);1H. The van der Waals surface area contributed by atoms with Gasteiger partial charge in [0.15, 0.2) is 11.8 Å². The van der Waals surface area contributed by atoms with E-state index in [-0.39, 0.29) is 24.0 Å². The molecule has 1 aromatic carbocycles. The number of nitrogens with zero attached hydrogens (tertiary/aromatic N) is 5. The van der Waals surface area contributed by atoms with Crippen LogP contribution in [0.3, 0.4) is 0 Å². The molecule has 3 aromatic rings. The summed E-state index contributed by atoms with van der Waals surface area (Å²) in [7, 11) is 3.98. The van der Waals surface area contributed by atoms with Crippen LogP contribution >= 0.6 is 24.0 Å². The second kappa shape index (κ2) is 10.4. The molecule has 0 aliphatic heterocycles. The molecule has 28 heavy (non-hydrogen) atoms. The largest absolute Gasteiger partial charge is 0.459 e. The molecule has 0 fully saturated rings. The number of aromatic nitrogens is 3. The van der Waals surface area contributed by atoms with Crippen molar-refractivity contribution in [1.29, 1.82) is 0 Å². The number of hydrogen-bond acceptors (Lipinski definition) is 4. The fourth-order valence-electron chi connectivity index (χ4n) is 2.85. The predicted molar refractivity (Wildman–Crippen MR) is 123 cm³/mol. The summed E-state index contributed by atoms with van der Waals surface area (Å²) in [6.45, 7) is 6.13. The van der Waals surface area contributed by atoms with Crippen molar-refractivity contribution in [1.82, 2.24) is 25.0 Å². The van der Waals surface area contributed by atoms with E-state index < -0.39 is 0 Å². The molecule has 0 amide bonds. The van der Waals surface area contributed by atoms with Crippen molar-refractivity contribution >= 4 is 40.9 Å². The minimum atomic E-state index is 0. The van der Waals surface area contributed by atoms with Gasteiger partial charge >= 0.3 is 0 Å². The van der Waals surface area contributed by atoms with Gasteiger partial charge in [-0.15, -0.1) is 34.2 Å². The zero-order chi connectivity index (χ0) is 19.2. The molecule has 7 nitrogen and oxygen atoms in total. The van der Waals surface area contributed by atoms with Crippen molar-refractivity contribution < 1.29 is 4.42 Å². The van der Waals surface area contributed by atoms with E-state index in [1.165, 1.54) is 0 Å². The molecular formula is C20H29IN6O. The molecule has 0 bridgehead atoms. The summed E-state index contributed by atoms with van der Waals surface area (Å²) in [5.74, 6) is 3.48. The maximum absolute atomic E-state index is 5.95. The van der Waals surface area contributed by atoms with E-state index in [4.69, 9.17) is 9.41 Å². The number of unbranched alkanes of at least 4 members (excludes halogenated alkanes) is 1. The lowest BCUT2D eigenvalue weighted by molar-refractivity contribution is 0.411. The molecule has 0 saturated heterocycles. The average Bonchev–Trinajstić information content (AvgIpc) is 3.21. The second-order valence-corrected chi connectivity index (χ2v) is 6.75. The number of guanidine groups is 1. The minimum Gasteiger partial charge on any atom is -0.459 e. The Hall–Kier alpha value is -2.10. The molecule has 0 saturated carbocycles. The lowest BCUT2D eigenvalue weighted by atomic mass is 10.2. The van der Waals surface area contributed by atoms with Crippen LogP contribution in [0, 0.1) is 6.92 Å². The Morgan fingerprint density at radius 3 is 2.75 bits per heavy atom. The van der Waals surface area contributed by atoms with E-state index in [1.807, 2.05) is 43.8 Å². The summed E-state index contributed by atoms with van der Waals surface area (Å²) in [5.41, 5.74) is 0.910. The first-order chi connectivity index (χ1) is 13.1. The van der Waals surface area contributed by atoms with Crippen LogP contribution in [0.4, 0.5) is 0 Å². The molecular weight excluding hydrogens is 467 g/mol. The van der Waals surface area contributed by atoms with Crippen LogP contribution in [0.1, 0.15) is 37.2 Å². The first-order valence-corrected chi connectivity index (χ1v) is 9.40. The van der Waals surface area contributed by atoms with Gasteiger partial charge < -0.3 is 19.2 Å². The minimum absolute atomic E-state index is 0. The van der Waals surface area contributed by atoms with Gasteiger partial charge in [-0.05, 0) is 25.5 Å². The molecule has 8 heteroatoms. The normalized spacial score (nSPS) is 11.5. The van der Waals surface area contributed by atoms with Gasteiger partial charge in [-0.1, -0.05) is 31.5 Å². The van der Waals surface area contributed by atoms with Crippen LogP contribution in [0.25, 0.3) is 11.0 Å². The van der Waals surface area contributed by atoms with Crippen LogP contribution in [0.2, 0.25) is 0 Å². The Bertz CT molecular complexity index is 883. The third-order valence-corrected chi connectivity index (χ3v) is 4.60. The van der Waals surface area contributed by atoms with Gasteiger partial charge in [0.1, 0.15) is 23.7 Å². The highest BCUT2D eigenvalue weighted by molar-refractivity contribution is 14.0. The van der Waals surface area contributed by atoms with Crippen molar-refractivity contribution in [2.45, 2.75) is 39.8 Å². The fourth-order valence-corrected chi connectivity index (χ4v) is 2.85. The number of furan rings is 1. The van der Waals surface area contributed by atoms with Gasteiger partial charge in [0.05, 0.1) is 6.54 Å². The van der Waals surface area contributed by atoms with E-state index in [1.54, 1.807) is 0 Å². The van der Waals surface area contributed by atoms with Crippen molar-refractivity contribution in [3.63, 3.8) is 0 Å². The summed E-state index contributed by atoms with van der Waals surface area (Å²) in [6, 6.07) is 10.1. The molecule has 0 spiro atoms. The Morgan fingerprint density at radius 1 is 1.29 bits per heavy atom. The highest BCUT2D eigenvalue weighted by atomic mass is 127. The molecule has 0 aliphatic carbocycles. The molecule has 2 aromatic heterocycles. The number of rotatable bonds is 7. The third kappa shape index (κ3) is 5.46. The molecule has 152 valence electrons. The molecule has 0 unspecified atom stereocenters. The van der Waals surface area contributed by atoms with E-state index >= 15 is 0 Å². The van der Waals surface area contributed by atoms with Gasteiger partial charge in [0, 0.05) is 26.0 Å². The number of para-hydroxylation sites is 1. The van der Waals surface area contributed by atoms with Crippen molar-refractivity contribution in [2.24, 2.45) is 12.0 Å². The van der Waals surface area contributed by atoms with Gasteiger partial charge in [-0.25, -0.2) is 4.99 Å². The Morgan fingerprint density at radius 2 is 2.07 bits per heavy atom. The van der Waals surface area contributed by atoms with Gasteiger partial charge in [0.25, 0.3) is 0 Å². The van der Waals surface area contributed by atoms with Crippen LogP contribution < -0.4 is 5.32 Å². The second-order valence-electron chi connectivity index (χ2n) is 6.75. The van der Waals surface area contributed by atoms with Gasteiger partial charge in [-0.3, -0.25) is 0 Å². The topological polar surface area (TPSA) is 71.5 Å². The number of benzene rings is 1. The van der Waals surface area contributed by atoms with Crippen LogP contribution in [0.5, 0.6) is 0 Å². The highest BCUT2D eigenvalue weighted by Crippen LogP contribution is 2.19. The monoisotopic (exact) mass is 496 g/mol. The van der Waals surface area contributed by atoms with Crippen molar-refractivity contribution in [2.75, 3.05) is 13.6 Å². The smallest absolute Gasteiger partial charge is 0.194 e. The van der Waals surface area contributed by atoms with E-state index in [2.05, 4.69) is 39.5 Å². The highest BCUT2D eigenvalue weighted by Gasteiger charge is 2.12. The van der Waals surface area contributed by atoms with E-state index in [0.29, 0.717) is 13.1 Å². The average molecular weight is 496 g/mol. The van der Waals surface area contributed by atoms with Crippen molar-refractivity contribution in [3.8, 4) is 0 Å². The quantitative estimate of drug-likeness (QED) is 0.233. The molecule has 3 rings (SSSR count). The zero-order valence-electron chi connectivity index (χ0n) is 17.0. The van der Waals surface area contributed by atoms with Crippen LogP contribution in [-0.4, -0.2) is 39.2 Å². The van der Waals surface area contributed by atoms with Gasteiger partial charge in [-0.2, -0.15) is 0 Å². The Kier molecular flexibility index (Phi) is 8.28. The lowest BCUT2D eigenvalue weighted by Crippen LogP contribution is -2.39. The SMILES string of the molecule is CCCCNC(=NCc1nnc(C)n1C)N(C)Cc1cc2ccccc2o1.I. The predicted octanol–water partition coefficient (Wildman–Crippen LogP) is 3.87. The molecule has 0 radical (unpaired) electrons. The first-order valence-electron chi connectivity index (χ1n) is 9.40. The van der Waals surface area contributed by atoms with E-state index in [9.17, 15) is 0 Å². The van der Waals surface area contributed by atoms with Crippen molar-refractivity contribution in [3.05, 3.63) is 47.7 Å². The number of aryl methyl sites for hydroxylation is 1. The van der Waals surface area contributed by atoms with Gasteiger partial charge in [0.2, 0.25) is 0 Å². The maximum Gasteiger partial charge on any atom is 0.194 e. The summed E-state index contributed by atoms with van der Waals surface area (Å²) in [5, 5.41) is 12.9. The fraction of sp³-hybridized carbons (Fsp3) is 0.450. The first kappa shape index (κ1) is 22.2. The summed E-state index contributed by atoms with van der Waals surface area (Å²) in [6.07, 6.45) is 2.23. The number of nitrogens with one attached hydrogen (secondary N) is 1. The summed E-state index contributed by atoms with van der Waals surface area (Å²) in [4.78, 5) is 6.84. The number of hydrogen-bond donors (Lipinski definition) is 1. The van der Waals surface area contributed by atoms with Crippen LogP contribution in [0.15, 0.2) is 39.7 Å². The molecule has 0 atom stereocenters. The Balaban J connectivity index is 0.00000280. The zero-order valence-corrected chi connectivity index (χ0v) is 19.3. The third-order valence-electron chi connectivity index (χ3n) is 4.60. The van der Waals surface area contributed by atoms with Crippen LogP contribution in [-0.2, 0) is 20.1 Å². The summed E-state index contributed by atoms with van der Waals surface area (Å²) >= 11 is 0. The molecule has 1 N–H and O–H groups in total. The number of halogens is 1. The number of fused-ring (bicyclic) bond motifs is 1. The molecule has 0 aliphatic rings. The Labute approximate surface area is 183 Å². The molecule has 2 heterocycles.